The van der Waals surface area contributed by atoms with Gasteiger partial charge in [-0.2, -0.15) is 0 Å². The molecule has 1 amide bonds. The van der Waals surface area contributed by atoms with Crippen LogP contribution in [-0.2, 0) is 9.84 Å². The quantitative estimate of drug-likeness (QED) is 0.815. The van der Waals surface area contributed by atoms with Gasteiger partial charge in [-0.1, -0.05) is 11.6 Å². The van der Waals surface area contributed by atoms with Crippen molar-refractivity contribution in [2.45, 2.75) is 31.3 Å². The molecule has 0 radical (unpaired) electrons. The van der Waals surface area contributed by atoms with E-state index in [2.05, 4.69) is 10.2 Å². The maximum absolute atomic E-state index is 13.0. The van der Waals surface area contributed by atoms with Crippen molar-refractivity contribution in [3.8, 4) is 5.69 Å². The van der Waals surface area contributed by atoms with Crippen molar-refractivity contribution in [1.82, 2.24) is 19.7 Å². The van der Waals surface area contributed by atoms with E-state index in [0.29, 0.717) is 11.3 Å². The molecule has 2 aromatic rings. The monoisotopic (exact) mass is 348 g/mol. The third-order valence-electron chi connectivity index (χ3n) is 4.44. The summed E-state index contributed by atoms with van der Waals surface area (Å²) < 4.78 is 26.0. The van der Waals surface area contributed by atoms with Gasteiger partial charge < -0.3 is 4.90 Å². The van der Waals surface area contributed by atoms with E-state index in [1.165, 1.54) is 12.7 Å². The van der Waals surface area contributed by atoms with Gasteiger partial charge in [0.15, 0.2) is 9.84 Å². The van der Waals surface area contributed by atoms with Crippen LogP contribution < -0.4 is 0 Å². The van der Waals surface area contributed by atoms with Crippen molar-refractivity contribution in [3.05, 3.63) is 42.0 Å². The van der Waals surface area contributed by atoms with E-state index in [9.17, 15) is 13.2 Å². The SMILES string of the molecule is Cc1ccc(-n2cnnc2)c(C(=O)N2CC(C)S(=O)(=O)C(C)C2)c1. The number of aromatic nitrogens is 3. The second-order valence-electron chi connectivity index (χ2n) is 6.31. The maximum Gasteiger partial charge on any atom is 0.256 e. The van der Waals surface area contributed by atoms with Gasteiger partial charge in [0.25, 0.3) is 5.91 Å². The Kier molecular flexibility index (Phi) is 4.16. The lowest BCUT2D eigenvalue weighted by molar-refractivity contribution is 0.0749. The number of sulfone groups is 1. The van der Waals surface area contributed by atoms with E-state index in [4.69, 9.17) is 0 Å². The molecule has 1 aliphatic heterocycles. The van der Waals surface area contributed by atoms with Crippen molar-refractivity contribution in [2.24, 2.45) is 0 Å². The number of hydrogen-bond acceptors (Lipinski definition) is 5. The molecule has 2 unspecified atom stereocenters. The molecule has 0 N–H and O–H groups in total. The number of nitrogens with zero attached hydrogens (tertiary/aromatic N) is 4. The van der Waals surface area contributed by atoms with Crippen molar-refractivity contribution in [2.75, 3.05) is 13.1 Å². The summed E-state index contributed by atoms with van der Waals surface area (Å²) in [7, 11) is -3.17. The number of amides is 1. The van der Waals surface area contributed by atoms with Gasteiger partial charge in [0.05, 0.1) is 21.8 Å². The van der Waals surface area contributed by atoms with E-state index < -0.39 is 20.3 Å². The van der Waals surface area contributed by atoms with Crippen LogP contribution in [0, 0.1) is 6.92 Å². The van der Waals surface area contributed by atoms with Crippen LogP contribution in [-0.4, -0.2) is 57.6 Å². The molecule has 3 rings (SSSR count). The second kappa shape index (κ2) is 6.01. The van der Waals surface area contributed by atoms with Crippen molar-refractivity contribution in [1.29, 1.82) is 0 Å². The summed E-state index contributed by atoms with van der Waals surface area (Å²) in [4.78, 5) is 14.7. The van der Waals surface area contributed by atoms with Crippen molar-refractivity contribution < 1.29 is 13.2 Å². The van der Waals surface area contributed by atoms with Gasteiger partial charge in [-0.25, -0.2) is 8.42 Å². The van der Waals surface area contributed by atoms with Crippen LogP contribution >= 0.6 is 0 Å². The number of carbonyl (C=O) groups is 1. The Labute approximate surface area is 141 Å². The summed E-state index contributed by atoms with van der Waals surface area (Å²) in [6, 6.07) is 5.58. The Balaban J connectivity index is 1.98. The Morgan fingerprint density at radius 2 is 1.71 bits per heavy atom. The second-order valence-corrected chi connectivity index (χ2v) is 9.10. The lowest BCUT2D eigenvalue weighted by Crippen LogP contribution is -2.52. The average Bonchev–Trinajstić information content (AvgIpc) is 3.06. The Bertz CT molecular complexity index is 843. The van der Waals surface area contributed by atoms with E-state index in [-0.39, 0.29) is 19.0 Å². The zero-order valence-corrected chi connectivity index (χ0v) is 14.7. The van der Waals surface area contributed by atoms with Gasteiger partial charge in [-0.15, -0.1) is 10.2 Å². The van der Waals surface area contributed by atoms with E-state index in [0.717, 1.165) is 5.56 Å². The molecule has 7 nitrogen and oxygen atoms in total. The van der Waals surface area contributed by atoms with Gasteiger partial charge in [-0.3, -0.25) is 9.36 Å². The van der Waals surface area contributed by atoms with E-state index in [1.807, 2.05) is 25.1 Å². The fraction of sp³-hybridized carbons (Fsp3) is 0.438. The summed E-state index contributed by atoms with van der Waals surface area (Å²) in [5, 5.41) is 6.45. The molecule has 24 heavy (non-hydrogen) atoms. The molecule has 1 saturated heterocycles. The van der Waals surface area contributed by atoms with Crippen LogP contribution in [0.2, 0.25) is 0 Å². The third-order valence-corrected chi connectivity index (χ3v) is 6.98. The number of benzene rings is 1. The predicted molar refractivity (Wildman–Crippen MR) is 89.8 cm³/mol. The number of hydrogen-bond donors (Lipinski definition) is 0. The first-order valence-corrected chi connectivity index (χ1v) is 9.39. The van der Waals surface area contributed by atoms with Crippen molar-refractivity contribution >= 4 is 15.7 Å². The summed E-state index contributed by atoms with van der Waals surface area (Å²) in [6.07, 6.45) is 3.07. The summed E-state index contributed by atoms with van der Waals surface area (Å²) in [5.74, 6) is -0.170. The molecule has 8 heteroatoms. The fourth-order valence-corrected chi connectivity index (χ4v) is 4.58. The van der Waals surface area contributed by atoms with E-state index >= 15 is 0 Å². The minimum absolute atomic E-state index is 0.170. The molecule has 2 atom stereocenters. The Morgan fingerprint density at radius 1 is 1.12 bits per heavy atom. The molecule has 0 aliphatic carbocycles. The Hall–Kier alpha value is -2.22. The minimum Gasteiger partial charge on any atom is -0.336 e. The molecule has 1 aromatic carbocycles. The first-order valence-electron chi connectivity index (χ1n) is 7.78. The number of rotatable bonds is 2. The van der Waals surface area contributed by atoms with E-state index in [1.54, 1.807) is 23.3 Å². The van der Waals surface area contributed by atoms with Crippen LogP contribution in [0.4, 0.5) is 0 Å². The normalized spacial score (nSPS) is 23.2. The molecule has 1 aromatic heterocycles. The average molecular weight is 348 g/mol. The fourth-order valence-electron chi connectivity index (χ4n) is 3.01. The van der Waals surface area contributed by atoms with Gasteiger partial charge in [0.1, 0.15) is 12.7 Å². The molecule has 0 bridgehead atoms. The van der Waals surface area contributed by atoms with Crippen molar-refractivity contribution in [3.63, 3.8) is 0 Å². The van der Waals surface area contributed by atoms with Crippen LogP contribution in [0.1, 0.15) is 29.8 Å². The smallest absolute Gasteiger partial charge is 0.256 e. The largest absolute Gasteiger partial charge is 0.336 e. The van der Waals surface area contributed by atoms with Gasteiger partial charge in [-0.05, 0) is 32.9 Å². The number of aryl methyl sites for hydroxylation is 1. The predicted octanol–water partition coefficient (Wildman–Crippen LogP) is 1.22. The molecular formula is C16H20N4O3S. The minimum atomic E-state index is -3.17. The lowest BCUT2D eigenvalue weighted by Gasteiger charge is -2.35. The molecule has 1 aliphatic rings. The first kappa shape index (κ1) is 16.6. The maximum atomic E-state index is 13.0. The molecular weight excluding hydrogens is 328 g/mol. The Morgan fingerprint density at radius 3 is 2.29 bits per heavy atom. The summed E-state index contributed by atoms with van der Waals surface area (Å²) in [6.45, 7) is 5.64. The highest BCUT2D eigenvalue weighted by Gasteiger charge is 2.38. The lowest BCUT2D eigenvalue weighted by atomic mass is 10.1. The first-order chi connectivity index (χ1) is 11.3. The summed E-state index contributed by atoms with van der Waals surface area (Å²) >= 11 is 0. The van der Waals surface area contributed by atoms with Crippen LogP contribution in [0.5, 0.6) is 0 Å². The zero-order chi connectivity index (χ0) is 17.5. The third kappa shape index (κ3) is 2.82. The molecule has 0 saturated carbocycles. The van der Waals surface area contributed by atoms with Crippen LogP contribution in [0.25, 0.3) is 5.69 Å². The highest BCUT2D eigenvalue weighted by Crippen LogP contribution is 2.23. The molecule has 0 spiro atoms. The van der Waals surface area contributed by atoms with Crippen LogP contribution in [0.15, 0.2) is 30.9 Å². The standard InChI is InChI=1S/C16H20N4O3S/c1-11-4-5-15(20-9-17-18-10-20)14(6-11)16(21)19-7-12(2)24(22,23)13(3)8-19/h4-6,9-10,12-13H,7-8H2,1-3H3. The van der Waals surface area contributed by atoms with Gasteiger partial charge in [0, 0.05) is 13.1 Å². The summed E-state index contributed by atoms with van der Waals surface area (Å²) in [5.41, 5.74) is 2.17. The molecule has 1 fully saturated rings. The topological polar surface area (TPSA) is 85.2 Å². The molecule has 2 heterocycles. The number of carbonyl (C=O) groups excluding carboxylic acids is 1. The highest BCUT2D eigenvalue weighted by atomic mass is 32.2. The van der Waals surface area contributed by atoms with Gasteiger partial charge >= 0.3 is 0 Å². The molecule has 128 valence electrons. The van der Waals surface area contributed by atoms with Gasteiger partial charge in [0.2, 0.25) is 0 Å². The zero-order valence-electron chi connectivity index (χ0n) is 13.9. The van der Waals surface area contributed by atoms with Crippen LogP contribution in [0.3, 0.4) is 0 Å². The highest BCUT2D eigenvalue weighted by molar-refractivity contribution is 7.92.